The molecule has 0 aromatic heterocycles. The molecule has 2 fully saturated rings. The van der Waals surface area contributed by atoms with Gasteiger partial charge in [0.15, 0.2) is 0 Å². The van der Waals surface area contributed by atoms with Crippen molar-refractivity contribution in [1.29, 1.82) is 0 Å². The fraction of sp³-hybridized carbons (Fsp3) is 0.594. The van der Waals surface area contributed by atoms with Gasteiger partial charge in [-0.25, -0.2) is 8.42 Å². The van der Waals surface area contributed by atoms with Gasteiger partial charge in [-0.05, 0) is 100 Å². The van der Waals surface area contributed by atoms with Crippen molar-refractivity contribution < 1.29 is 17.9 Å². The number of nitrogens with one attached hydrogen (secondary N) is 1. The summed E-state index contributed by atoms with van der Waals surface area (Å²) in [7, 11) is 0.897. The zero-order chi connectivity index (χ0) is 29.2. The second-order valence-corrected chi connectivity index (χ2v) is 14.3. The van der Waals surface area contributed by atoms with Gasteiger partial charge in [-0.2, -0.15) is 4.31 Å². The molecule has 1 heterocycles. The molecule has 226 valence electrons. The Labute approximate surface area is 251 Å². The van der Waals surface area contributed by atoms with Crippen LogP contribution in [-0.2, 0) is 19.6 Å². The number of hydrogen-bond acceptors (Lipinski definition) is 5. The Bertz CT molecular complexity index is 1180. The molecule has 7 nitrogen and oxygen atoms in total. The van der Waals surface area contributed by atoms with E-state index in [2.05, 4.69) is 36.4 Å². The van der Waals surface area contributed by atoms with E-state index in [1.54, 1.807) is 28.6 Å². The van der Waals surface area contributed by atoms with E-state index in [9.17, 15) is 13.2 Å². The van der Waals surface area contributed by atoms with Crippen LogP contribution in [0.25, 0.3) is 0 Å². The zero-order valence-corrected chi connectivity index (χ0v) is 26.1. The molecule has 1 amide bonds. The van der Waals surface area contributed by atoms with Crippen molar-refractivity contribution in [3.63, 3.8) is 0 Å². The molecule has 1 unspecified atom stereocenters. The summed E-state index contributed by atoms with van der Waals surface area (Å²) < 4.78 is 32.8. The second kappa shape index (κ2) is 15.5. The van der Waals surface area contributed by atoms with Gasteiger partial charge in [-0.1, -0.05) is 54.8 Å². The second-order valence-electron chi connectivity index (χ2n) is 11.9. The van der Waals surface area contributed by atoms with E-state index in [4.69, 9.17) is 16.3 Å². The Morgan fingerprint density at radius 3 is 2.22 bits per heavy atom. The largest absolute Gasteiger partial charge is 0.372 e. The molecule has 0 bridgehead atoms. The highest BCUT2D eigenvalue weighted by molar-refractivity contribution is 7.89. The Hall–Kier alpha value is -1.97. The van der Waals surface area contributed by atoms with Crippen LogP contribution >= 0.6 is 11.6 Å². The first-order valence-corrected chi connectivity index (χ1v) is 16.9. The maximum absolute atomic E-state index is 12.8. The first-order chi connectivity index (χ1) is 19.7. The zero-order valence-electron chi connectivity index (χ0n) is 24.5. The molecule has 2 aromatic carbocycles. The number of carbonyl (C=O) groups excluding carboxylic acids is 1. The molecular formula is C32H46ClN3O4S. The average molecular weight is 604 g/mol. The number of sulfonamides is 1. The summed E-state index contributed by atoms with van der Waals surface area (Å²) in [5.74, 6) is 1.64. The van der Waals surface area contributed by atoms with Gasteiger partial charge in [0.05, 0.1) is 4.90 Å². The van der Waals surface area contributed by atoms with Crippen LogP contribution in [0.5, 0.6) is 0 Å². The minimum atomic E-state index is -3.42. The first-order valence-electron chi connectivity index (χ1n) is 15.1. The number of hydrogen-bond donors (Lipinski definition) is 1. The van der Waals surface area contributed by atoms with E-state index in [1.807, 2.05) is 18.2 Å². The highest BCUT2D eigenvalue weighted by atomic mass is 35.5. The third kappa shape index (κ3) is 9.26. The van der Waals surface area contributed by atoms with Crippen molar-refractivity contribution in [2.24, 2.45) is 17.8 Å². The molecule has 1 saturated heterocycles. The van der Waals surface area contributed by atoms with Gasteiger partial charge in [0.25, 0.3) is 0 Å². The molecule has 9 heteroatoms. The SMILES string of the molecule is CN(C)C(c1ccc(Cl)cc1)C1CCC(CCNC(=O)COCCC2CCN(S(=O)(=O)c3ccccc3)CC2)CC1. The molecule has 2 aliphatic rings. The number of piperidine rings is 1. The topological polar surface area (TPSA) is 79.0 Å². The van der Waals surface area contributed by atoms with Gasteiger partial charge in [-0.15, -0.1) is 0 Å². The standard InChI is InChI=1S/C32H46ClN3O4S/c1-35(2)32(28-12-14-29(33)15-13-28)27-10-8-25(9-11-27)16-20-34-31(37)24-40-23-19-26-17-21-36(22-18-26)41(38,39)30-6-4-3-5-7-30/h3-7,12-15,25-27,32H,8-11,16-24H2,1-2H3,(H,34,37). The molecular weight excluding hydrogens is 558 g/mol. The van der Waals surface area contributed by atoms with Gasteiger partial charge < -0.3 is 15.0 Å². The van der Waals surface area contributed by atoms with Crippen molar-refractivity contribution in [2.45, 2.75) is 62.3 Å². The smallest absolute Gasteiger partial charge is 0.245 e. The van der Waals surface area contributed by atoms with Gasteiger partial charge in [-0.3, -0.25) is 4.79 Å². The van der Waals surface area contributed by atoms with Crippen LogP contribution in [0.3, 0.4) is 0 Å². The van der Waals surface area contributed by atoms with Crippen LogP contribution in [0.4, 0.5) is 0 Å². The van der Waals surface area contributed by atoms with Crippen molar-refractivity contribution in [3.05, 3.63) is 65.2 Å². The predicted molar refractivity (Wildman–Crippen MR) is 164 cm³/mol. The predicted octanol–water partition coefficient (Wildman–Crippen LogP) is 5.76. The molecule has 1 aliphatic heterocycles. The van der Waals surface area contributed by atoms with E-state index in [-0.39, 0.29) is 12.5 Å². The van der Waals surface area contributed by atoms with Crippen molar-refractivity contribution in [1.82, 2.24) is 14.5 Å². The van der Waals surface area contributed by atoms with E-state index in [1.165, 1.54) is 31.2 Å². The number of carbonyl (C=O) groups is 1. The Morgan fingerprint density at radius 1 is 0.951 bits per heavy atom. The minimum Gasteiger partial charge on any atom is -0.372 e. The lowest BCUT2D eigenvalue weighted by Gasteiger charge is -2.37. The molecule has 4 rings (SSSR count). The van der Waals surface area contributed by atoms with Crippen molar-refractivity contribution >= 4 is 27.5 Å². The third-order valence-corrected chi connectivity index (χ3v) is 11.0. The number of amides is 1. The lowest BCUT2D eigenvalue weighted by molar-refractivity contribution is -0.125. The quantitative estimate of drug-likeness (QED) is 0.294. The van der Waals surface area contributed by atoms with Crippen LogP contribution in [0, 0.1) is 17.8 Å². The normalized spacial score (nSPS) is 21.6. The van der Waals surface area contributed by atoms with E-state index >= 15 is 0 Å². The van der Waals surface area contributed by atoms with E-state index in [0.717, 1.165) is 30.7 Å². The monoisotopic (exact) mass is 603 g/mol. The number of nitrogens with zero attached hydrogens (tertiary/aromatic N) is 2. The molecule has 41 heavy (non-hydrogen) atoms. The van der Waals surface area contributed by atoms with Crippen molar-refractivity contribution in [3.8, 4) is 0 Å². The lowest BCUT2D eigenvalue weighted by atomic mass is 9.75. The summed E-state index contributed by atoms with van der Waals surface area (Å²) >= 11 is 6.10. The molecule has 1 saturated carbocycles. The van der Waals surface area contributed by atoms with Gasteiger partial charge in [0.1, 0.15) is 6.61 Å². The summed E-state index contributed by atoms with van der Waals surface area (Å²) in [4.78, 5) is 15.0. The van der Waals surface area contributed by atoms with Crippen LogP contribution < -0.4 is 5.32 Å². The Morgan fingerprint density at radius 2 is 1.59 bits per heavy atom. The van der Waals surface area contributed by atoms with Crippen LogP contribution in [-0.4, -0.2) is 70.5 Å². The van der Waals surface area contributed by atoms with Crippen LogP contribution in [0.2, 0.25) is 5.02 Å². The molecule has 1 atom stereocenters. The van der Waals surface area contributed by atoms with E-state index < -0.39 is 10.0 Å². The molecule has 1 aliphatic carbocycles. The maximum atomic E-state index is 12.8. The highest BCUT2D eigenvalue weighted by Crippen LogP contribution is 2.40. The fourth-order valence-corrected chi connectivity index (χ4v) is 8.12. The third-order valence-electron chi connectivity index (χ3n) is 8.84. The molecule has 2 aromatic rings. The number of halogens is 1. The summed E-state index contributed by atoms with van der Waals surface area (Å²) in [5.41, 5.74) is 1.33. The van der Waals surface area contributed by atoms with Crippen LogP contribution in [0.15, 0.2) is 59.5 Å². The summed E-state index contributed by atoms with van der Waals surface area (Å²) in [6, 6.07) is 17.3. The maximum Gasteiger partial charge on any atom is 0.245 e. The molecule has 0 radical (unpaired) electrons. The number of ether oxygens (including phenoxy) is 1. The summed E-state index contributed by atoms with van der Waals surface area (Å²) in [6.07, 6.45) is 8.28. The minimum absolute atomic E-state index is 0.0575. The van der Waals surface area contributed by atoms with Gasteiger partial charge in [0.2, 0.25) is 15.9 Å². The van der Waals surface area contributed by atoms with Gasteiger partial charge in [0, 0.05) is 37.3 Å². The average Bonchev–Trinajstić information content (AvgIpc) is 2.98. The molecule has 1 N–H and O–H groups in total. The lowest BCUT2D eigenvalue weighted by Crippen LogP contribution is -2.38. The first kappa shape index (κ1) is 32.0. The van der Waals surface area contributed by atoms with E-state index in [0.29, 0.717) is 54.9 Å². The number of benzene rings is 2. The van der Waals surface area contributed by atoms with Gasteiger partial charge >= 0.3 is 0 Å². The molecule has 0 spiro atoms. The number of rotatable bonds is 13. The summed E-state index contributed by atoms with van der Waals surface area (Å²) in [5, 5.41) is 3.81. The Kier molecular flexibility index (Phi) is 12.1. The van der Waals surface area contributed by atoms with Crippen molar-refractivity contribution in [2.75, 3.05) is 46.9 Å². The Balaban J connectivity index is 1.06. The van der Waals surface area contributed by atoms with Crippen LogP contribution in [0.1, 0.15) is 63.0 Å². The fourth-order valence-electron chi connectivity index (χ4n) is 6.51. The highest BCUT2D eigenvalue weighted by Gasteiger charge is 2.31. The summed E-state index contributed by atoms with van der Waals surface area (Å²) in [6.45, 7) is 2.36.